The zero-order valence-electron chi connectivity index (χ0n) is 33.1. The lowest BCUT2D eigenvalue weighted by Gasteiger charge is -2.22. The topological polar surface area (TPSA) is 19.7 Å². The first kappa shape index (κ1) is 33.0. The van der Waals surface area contributed by atoms with E-state index in [-0.39, 0.29) is 0 Å². The van der Waals surface area contributed by atoms with Gasteiger partial charge in [-0.1, -0.05) is 98.0 Å². The molecule has 1 unspecified atom stereocenters. The molecule has 4 nitrogen and oxygen atoms in total. The Kier molecular flexibility index (Phi) is 6.98. The zero-order valence-corrected chi connectivity index (χ0v) is 33.1. The molecule has 0 saturated heterocycles. The van der Waals surface area contributed by atoms with Crippen molar-refractivity contribution >= 4 is 83.3 Å². The Morgan fingerprint density at radius 2 is 1.10 bits per heavy atom. The van der Waals surface area contributed by atoms with Crippen LogP contribution in [-0.4, -0.2) is 18.3 Å². The number of benzene rings is 6. The van der Waals surface area contributed by atoms with Gasteiger partial charge < -0.3 is 18.3 Å². The summed E-state index contributed by atoms with van der Waals surface area (Å²) >= 11 is 0. The molecule has 4 aromatic heterocycles. The summed E-state index contributed by atoms with van der Waals surface area (Å²) in [7, 11) is 0. The van der Waals surface area contributed by atoms with E-state index in [0.717, 1.165) is 32.1 Å². The van der Waals surface area contributed by atoms with Crippen molar-refractivity contribution in [2.24, 2.45) is 5.92 Å². The van der Waals surface area contributed by atoms with E-state index in [0.29, 0.717) is 5.92 Å². The highest BCUT2D eigenvalue weighted by Gasteiger charge is 2.27. The molecular weight excluding hydrogens is 717 g/mol. The van der Waals surface area contributed by atoms with Gasteiger partial charge in [-0.25, -0.2) is 0 Å². The van der Waals surface area contributed by atoms with Crippen molar-refractivity contribution < 1.29 is 0 Å². The number of allylic oxidation sites excluding steroid dienone is 6. The summed E-state index contributed by atoms with van der Waals surface area (Å²) in [5.74, 6) is 0.445. The molecule has 6 aromatic carbocycles. The predicted molar refractivity (Wildman–Crippen MR) is 249 cm³/mol. The highest BCUT2D eigenvalue weighted by molar-refractivity contribution is 6.20. The molecule has 0 saturated carbocycles. The first-order chi connectivity index (χ1) is 29.2. The van der Waals surface area contributed by atoms with Crippen molar-refractivity contribution in [1.29, 1.82) is 0 Å². The molecule has 0 N–H and O–H groups in total. The van der Waals surface area contributed by atoms with Crippen molar-refractivity contribution in [3.8, 4) is 17.1 Å². The van der Waals surface area contributed by atoms with Crippen LogP contribution in [0.1, 0.15) is 48.7 Å². The Labute approximate surface area is 342 Å². The van der Waals surface area contributed by atoms with Crippen molar-refractivity contribution in [3.05, 3.63) is 180 Å². The van der Waals surface area contributed by atoms with Gasteiger partial charge in [0.2, 0.25) is 0 Å². The fraction of sp³-hybridized carbons (Fsp3) is 0.127. The molecule has 0 aliphatic heterocycles. The van der Waals surface area contributed by atoms with E-state index in [4.69, 9.17) is 0 Å². The van der Waals surface area contributed by atoms with E-state index < -0.39 is 0 Å². The molecule has 0 fully saturated rings. The second kappa shape index (κ2) is 12.5. The first-order valence-electron chi connectivity index (χ1n) is 21.3. The highest BCUT2D eigenvalue weighted by atomic mass is 15.0. The van der Waals surface area contributed by atoms with Crippen LogP contribution in [0.3, 0.4) is 0 Å². The third kappa shape index (κ3) is 4.60. The van der Waals surface area contributed by atoms with Crippen LogP contribution in [0.5, 0.6) is 0 Å². The van der Waals surface area contributed by atoms with Crippen LogP contribution in [0.25, 0.3) is 100 Å². The van der Waals surface area contributed by atoms with Crippen LogP contribution in [0, 0.1) is 5.92 Å². The minimum absolute atomic E-state index is 0.445. The van der Waals surface area contributed by atoms with Gasteiger partial charge in [-0.15, -0.1) is 0 Å². The van der Waals surface area contributed by atoms with E-state index >= 15 is 0 Å². The predicted octanol–water partition coefficient (Wildman–Crippen LogP) is 14.1. The van der Waals surface area contributed by atoms with Crippen LogP contribution in [0.15, 0.2) is 158 Å². The van der Waals surface area contributed by atoms with Crippen LogP contribution < -0.4 is 0 Å². The molecule has 282 valence electrons. The molecule has 0 bridgehead atoms. The maximum atomic E-state index is 2.58. The number of fused-ring (bicyclic) bond motifs is 13. The standard InChI is InChI=1S/C55H42N4/c1-35-16-5-10-25-46(35)59-50-29-14-9-24-43(50)54-51(59)31-30-42-39-21-6-13-28-49(39)58(55(42)54)38-20-15-19-37(32-38)57-48-27-12-8-23-41(48)45-33-52-44(34-53(45)57)40-22-7-11-26-47(40)56(52)36-17-3-2-4-18-36/h2-7,10-15,17-22,25-35H,8-9,16,23-24H2,1H3. The number of aryl methyl sites for hydroxylation is 2. The third-order valence-corrected chi connectivity index (χ3v) is 13.5. The van der Waals surface area contributed by atoms with Gasteiger partial charge in [0.25, 0.3) is 0 Å². The van der Waals surface area contributed by atoms with Crippen molar-refractivity contribution in [1.82, 2.24) is 18.3 Å². The fourth-order valence-corrected chi connectivity index (χ4v) is 10.9. The Hall–Kier alpha value is -7.04. The van der Waals surface area contributed by atoms with Gasteiger partial charge in [0, 0.05) is 72.4 Å². The van der Waals surface area contributed by atoms with Gasteiger partial charge in [0.1, 0.15) is 0 Å². The summed E-state index contributed by atoms with van der Waals surface area (Å²) in [6, 6.07) is 47.7. The Balaban J connectivity index is 1.09. The zero-order chi connectivity index (χ0) is 38.8. The molecule has 3 aliphatic rings. The van der Waals surface area contributed by atoms with Crippen LogP contribution in [0.4, 0.5) is 0 Å². The summed E-state index contributed by atoms with van der Waals surface area (Å²) in [6.07, 6.45) is 21.6. The molecular formula is C55H42N4. The van der Waals surface area contributed by atoms with Crippen LogP contribution >= 0.6 is 0 Å². The smallest absolute Gasteiger partial charge is 0.0638 e. The average Bonchev–Trinajstić information content (AvgIpc) is 4.01. The average molecular weight is 759 g/mol. The quantitative estimate of drug-likeness (QED) is 0.170. The van der Waals surface area contributed by atoms with Gasteiger partial charge in [0.15, 0.2) is 0 Å². The van der Waals surface area contributed by atoms with E-state index in [9.17, 15) is 0 Å². The normalized spacial score (nSPS) is 16.3. The summed E-state index contributed by atoms with van der Waals surface area (Å²) in [6.45, 7) is 2.37. The lowest BCUT2D eigenvalue weighted by atomic mass is 9.97. The molecule has 0 spiro atoms. The van der Waals surface area contributed by atoms with Gasteiger partial charge in [0.05, 0.1) is 33.1 Å². The van der Waals surface area contributed by atoms with E-state index in [1.165, 1.54) is 111 Å². The van der Waals surface area contributed by atoms with Crippen molar-refractivity contribution in [2.75, 3.05) is 0 Å². The maximum absolute atomic E-state index is 2.58. The van der Waals surface area contributed by atoms with Gasteiger partial charge in [-0.05, 0) is 122 Å². The molecule has 13 rings (SSSR count). The molecule has 1 atom stereocenters. The minimum Gasteiger partial charge on any atom is -0.313 e. The van der Waals surface area contributed by atoms with Gasteiger partial charge >= 0.3 is 0 Å². The van der Waals surface area contributed by atoms with Crippen molar-refractivity contribution in [2.45, 2.75) is 39.0 Å². The van der Waals surface area contributed by atoms with Crippen LogP contribution in [0.2, 0.25) is 0 Å². The molecule has 0 radical (unpaired) electrons. The largest absolute Gasteiger partial charge is 0.313 e. The summed E-state index contributed by atoms with van der Waals surface area (Å²) in [5.41, 5.74) is 18.0. The Morgan fingerprint density at radius 3 is 1.90 bits per heavy atom. The van der Waals surface area contributed by atoms with Gasteiger partial charge in [-0.2, -0.15) is 0 Å². The third-order valence-electron chi connectivity index (χ3n) is 13.5. The molecule has 10 aromatic rings. The second-order valence-corrected chi connectivity index (χ2v) is 16.7. The van der Waals surface area contributed by atoms with E-state index in [1.807, 2.05) is 0 Å². The molecule has 3 aliphatic carbocycles. The number of para-hydroxylation sites is 3. The van der Waals surface area contributed by atoms with Crippen LogP contribution in [-0.2, 0) is 12.8 Å². The lowest BCUT2D eigenvalue weighted by molar-refractivity contribution is 0.717. The fourth-order valence-electron chi connectivity index (χ4n) is 10.9. The lowest BCUT2D eigenvalue weighted by Crippen LogP contribution is -2.10. The number of rotatable bonds is 4. The van der Waals surface area contributed by atoms with E-state index in [2.05, 4.69) is 195 Å². The Bertz CT molecular complexity index is 3530. The van der Waals surface area contributed by atoms with Gasteiger partial charge in [-0.3, -0.25) is 0 Å². The number of hydrogen-bond donors (Lipinski definition) is 0. The first-order valence-corrected chi connectivity index (χ1v) is 21.3. The molecule has 4 heteroatoms. The summed E-state index contributed by atoms with van der Waals surface area (Å²) < 4.78 is 10.1. The number of nitrogens with zero attached hydrogens (tertiary/aromatic N) is 4. The molecule has 59 heavy (non-hydrogen) atoms. The minimum atomic E-state index is 0.445. The Morgan fingerprint density at radius 1 is 0.458 bits per heavy atom. The van der Waals surface area contributed by atoms with Crippen molar-refractivity contribution in [3.63, 3.8) is 0 Å². The van der Waals surface area contributed by atoms with E-state index in [1.54, 1.807) is 0 Å². The molecule has 4 heterocycles. The summed E-state index contributed by atoms with van der Waals surface area (Å²) in [4.78, 5) is 0. The number of aromatic nitrogens is 4. The summed E-state index contributed by atoms with van der Waals surface area (Å²) in [5, 5.41) is 7.87. The SMILES string of the molecule is CC1CC=CC=C1n1c2c(c3c1ccc1c4ccccc4n(-c4cccc(-n5c6c(c7cc8c(cc75)c5ccccc5n8-c5ccccc5)CCC=C6)c4)c13)CCC=C2. The second-order valence-electron chi connectivity index (χ2n) is 16.7. The molecule has 0 amide bonds. The number of hydrogen-bond acceptors (Lipinski definition) is 0. The maximum Gasteiger partial charge on any atom is 0.0638 e. The monoisotopic (exact) mass is 758 g/mol. The highest BCUT2D eigenvalue weighted by Crippen LogP contribution is 2.45.